The summed E-state index contributed by atoms with van der Waals surface area (Å²) in [7, 11) is 0. The number of hydrogen-bond donors (Lipinski definition) is 1. The summed E-state index contributed by atoms with van der Waals surface area (Å²) in [6.07, 6.45) is -2.43. The lowest BCUT2D eigenvalue weighted by molar-refractivity contribution is 0.154. The SMILES string of the molecule is Cc1cc(C(C)C)nc(N(CCN)CC(F)F)n1. The fourth-order valence-corrected chi connectivity index (χ4v) is 1.61. The third kappa shape index (κ3) is 4.18. The van der Waals surface area contributed by atoms with Gasteiger partial charge in [-0.25, -0.2) is 18.7 Å². The Morgan fingerprint density at radius 2 is 2.00 bits per heavy atom. The van der Waals surface area contributed by atoms with Crippen molar-refractivity contribution in [1.82, 2.24) is 9.97 Å². The average Bonchev–Trinajstić information content (AvgIpc) is 2.27. The van der Waals surface area contributed by atoms with Gasteiger partial charge in [0.05, 0.1) is 6.54 Å². The second-order valence-electron chi connectivity index (χ2n) is 4.51. The standard InChI is InChI=1S/C12H20F2N4/c1-8(2)10-6-9(3)16-12(17-10)18(5-4-15)7-11(13)14/h6,8,11H,4-5,7,15H2,1-3H3. The molecule has 102 valence electrons. The molecule has 1 heterocycles. The van der Waals surface area contributed by atoms with Crippen LogP contribution in [0.3, 0.4) is 0 Å². The van der Waals surface area contributed by atoms with Crippen LogP contribution in [-0.2, 0) is 0 Å². The molecule has 0 aliphatic carbocycles. The Morgan fingerprint density at radius 3 is 2.50 bits per heavy atom. The predicted molar refractivity (Wildman–Crippen MR) is 68.1 cm³/mol. The molecule has 0 saturated carbocycles. The quantitative estimate of drug-likeness (QED) is 0.847. The Hall–Kier alpha value is -1.30. The minimum absolute atomic E-state index is 0.233. The van der Waals surface area contributed by atoms with E-state index < -0.39 is 13.0 Å². The fraction of sp³-hybridized carbons (Fsp3) is 0.667. The molecule has 0 aromatic carbocycles. The van der Waals surface area contributed by atoms with Crippen LogP contribution < -0.4 is 10.6 Å². The smallest absolute Gasteiger partial charge is 0.255 e. The molecule has 0 saturated heterocycles. The van der Waals surface area contributed by atoms with Crippen molar-refractivity contribution in [2.75, 3.05) is 24.5 Å². The fourth-order valence-electron chi connectivity index (χ4n) is 1.61. The van der Waals surface area contributed by atoms with Crippen molar-refractivity contribution < 1.29 is 8.78 Å². The first-order valence-electron chi connectivity index (χ1n) is 6.02. The third-order valence-electron chi connectivity index (χ3n) is 2.49. The van der Waals surface area contributed by atoms with Crippen molar-refractivity contribution >= 4 is 5.95 Å². The minimum atomic E-state index is -2.43. The number of rotatable bonds is 6. The van der Waals surface area contributed by atoms with Crippen molar-refractivity contribution in [2.24, 2.45) is 5.73 Å². The normalized spacial score (nSPS) is 11.3. The van der Waals surface area contributed by atoms with Gasteiger partial charge in [0.1, 0.15) is 0 Å². The van der Waals surface area contributed by atoms with E-state index in [4.69, 9.17) is 5.73 Å². The number of halogens is 2. The highest BCUT2D eigenvalue weighted by atomic mass is 19.3. The van der Waals surface area contributed by atoms with Crippen LogP contribution in [0.25, 0.3) is 0 Å². The van der Waals surface area contributed by atoms with E-state index in [2.05, 4.69) is 9.97 Å². The Balaban J connectivity index is 3.02. The van der Waals surface area contributed by atoms with Gasteiger partial charge in [0, 0.05) is 24.5 Å². The van der Waals surface area contributed by atoms with Crippen molar-refractivity contribution in [3.8, 4) is 0 Å². The maximum atomic E-state index is 12.5. The van der Waals surface area contributed by atoms with Gasteiger partial charge in [0.25, 0.3) is 6.43 Å². The molecule has 1 aromatic heterocycles. The molecule has 0 fully saturated rings. The minimum Gasteiger partial charge on any atom is -0.334 e. The van der Waals surface area contributed by atoms with Crippen molar-refractivity contribution in [3.05, 3.63) is 17.5 Å². The summed E-state index contributed by atoms with van der Waals surface area (Å²) in [6, 6.07) is 1.87. The lowest BCUT2D eigenvalue weighted by Gasteiger charge is -2.22. The van der Waals surface area contributed by atoms with Gasteiger partial charge in [-0.2, -0.15) is 0 Å². The Bertz CT molecular complexity index is 382. The van der Waals surface area contributed by atoms with Crippen LogP contribution >= 0.6 is 0 Å². The summed E-state index contributed by atoms with van der Waals surface area (Å²) < 4.78 is 25.0. The molecular weight excluding hydrogens is 238 g/mol. The van der Waals surface area contributed by atoms with E-state index in [1.54, 1.807) is 0 Å². The highest BCUT2D eigenvalue weighted by Gasteiger charge is 2.16. The number of nitrogens with two attached hydrogens (primary N) is 1. The van der Waals surface area contributed by atoms with Gasteiger partial charge in [0.15, 0.2) is 0 Å². The van der Waals surface area contributed by atoms with Crippen molar-refractivity contribution in [1.29, 1.82) is 0 Å². The van der Waals surface area contributed by atoms with E-state index in [9.17, 15) is 8.78 Å². The van der Waals surface area contributed by atoms with Gasteiger partial charge in [-0.15, -0.1) is 0 Å². The molecule has 0 aliphatic rings. The number of aryl methyl sites for hydroxylation is 1. The number of aromatic nitrogens is 2. The molecule has 0 atom stereocenters. The highest BCUT2D eigenvalue weighted by Crippen LogP contribution is 2.17. The zero-order chi connectivity index (χ0) is 13.7. The van der Waals surface area contributed by atoms with E-state index in [1.165, 1.54) is 4.90 Å². The number of hydrogen-bond acceptors (Lipinski definition) is 4. The summed E-state index contributed by atoms with van der Waals surface area (Å²) >= 11 is 0. The lowest BCUT2D eigenvalue weighted by Crippen LogP contribution is -2.35. The molecule has 0 amide bonds. The van der Waals surface area contributed by atoms with Crippen LogP contribution in [0.5, 0.6) is 0 Å². The van der Waals surface area contributed by atoms with Gasteiger partial charge in [-0.3, -0.25) is 0 Å². The first-order valence-corrected chi connectivity index (χ1v) is 6.02. The summed E-state index contributed by atoms with van der Waals surface area (Å²) in [5, 5.41) is 0. The Morgan fingerprint density at radius 1 is 1.33 bits per heavy atom. The van der Waals surface area contributed by atoms with Crippen LogP contribution in [0.1, 0.15) is 31.2 Å². The summed E-state index contributed by atoms with van der Waals surface area (Å²) in [6.45, 7) is 6.07. The van der Waals surface area contributed by atoms with Crippen LogP contribution in [0.2, 0.25) is 0 Å². The topological polar surface area (TPSA) is 55.0 Å². The Kier molecular flexibility index (Phi) is 5.40. The molecule has 1 aromatic rings. The zero-order valence-electron chi connectivity index (χ0n) is 11.0. The number of alkyl halides is 2. The molecule has 0 spiro atoms. The largest absolute Gasteiger partial charge is 0.334 e. The molecule has 4 nitrogen and oxygen atoms in total. The van der Waals surface area contributed by atoms with Gasteiger partial charge in [0.2, 0.25) is 5.95 Å². The summed E-state index contributed by atoms with van der Waals surface area (Å²) in [5.41, 5.74) is 7.07. The highest BCUT2D eigenvalue weighted by molar-refractivity contribution is 5.33. The van der Waals surface area contributed by atoms with E-state index in [-0.39, 0.29) is 5.92 Å². The van der Waals surface area contributed by atoms with E-state index in [1.807, 2.05) is 26.8 Å². The Labute approximate surface area is 106 Å². The molecule has 0 bridgehead atoms. The molecule has 0 unspecified atom stereocenters. The third-order valence-corrected chi connectivity index (χ3v) is 2.49. The maximum Gasteiger partial charge on any atom is 0.255 e. The zero-order valence-corrected chi connectivity index (χ0v) is 11.0. The van der Waals surface area contributed by atoms with E-state index in [0.717, 1.165) is 11.4 Å². The molecule has 0 aliphatic heterocycles. The van der Waals surface area contributed by atoms with Crippen LogP contribution in [-0.4, -0.2) is 36.0 Å². The molecule has 2 N–H and O–H groups in total. The van der Waals surface area contributed by atoms with Crippen molar-refractivity contribution in [3.63, 3.8) is 0 Å². The molecule has 1 rings (SSSR count). The van der Waals surface area contributed by atoms with Crippen LogP contribution in [0.15, 0.2) is 6.07 Å². The number of nitrogens with zero attached hydrogens (tertiary/aromatic N) is 3. The molecule has 6 heteroatoms. The molecule has 0 radical (unpaired) electrons. The second-order valence-corrected chi connectivity index (χ2v) is 4.51. The van der Waals surface area contributed by atoms with E-state index >= 15 is 0 Å². The summed E-state index contributed by atoms with van der Waals surface area (Å²) in [5.74, 6) is 0.571. The van der Waals surface area contributed by atoms with Gasteiger partial charge in [-0.1, -0.05) is 13.8 Å². The first-order chi connectivity index (χ1) is 8.43. The lowest BCUT2D eigenvalue weighted by atomic mass is 10.1. The second kappa shape index (κ2) is 6.58. The van der Waals surface area contributed by atoms with Gasteiger partial charge >= 0.3 is 0 Å². The van der Waals surface area contributed by atoms with E-state index in [0.29, 0.717) is 19.0 Å². The average molecular weight is 258 g/mol. The molecule has 18 heavy (non-hydrogen) atoms. The number of anilines is 1. The molecular formula is C12H20F2N4. The van der Waals surface area contributed by atoms with Gasteiger partial charge < -0.3 is 10.6 Å². The maximum absolute atomic E-state index is 12.5. The van der Waals surface area contributed by atoms with Crippen LogP contribution in [0, 0.1) is 6.92 Å². The summed E-state index contributed by atoms with van der Waals surface area (Å²) in [4.78, 5) is 9.98. The van der Waals surface area contributed by atoms with Crippen LogP contribution in [0.4, 0.5) is 14.7 Å². The first kappa shape index (κ1) is 14.8. The van der Waals surface area contributed by atoms with Gasteiger partial charge in [-0.05, 0) is 18.9 Å². The predicted octanol–water partition coefficient (Wildman–Crippen LogP) is 1.94. The monoisotopic (exact) mass is 258 g/mol. The van der Waals surface area contributed by atoms with Crippen molar-refractivity contribution in [2.45, 2.75) is 33.1 Å².